The van der Waals surface area contributed by atoms with Gasteiger partial charge in [0.1, 0.15) is 11.2 Å². The summed E-state index contributed by atoms with van der Waals surface area (Å²) in [5.41, 5.74) is 8.32. The molecule has 3 heteroatoms. The summed E-state index contributed by atoms with van der Waals surface area (Å²) in [6.45, 7) is 0. The topological polar surface area (TPSA) is 19.6 Å². The standard InChI is InChI=1S/C40H28N2O/c1-4-13-30(14-5-1)41(31-15-6-2-7-16-31)33-21-23-34(24-22-33)42(32-17-8-3-9-18-32)35-25-27-37-38-26-20-29-12-10-11-19-36(29)40(38)43-39(37)28-35/h1-28H. The molecule has 0 aliphatic heterocycles. The number of anilines is 6. The Labute approximate surface area is 250 Å². The minimum Gasteiger partial charge on any atom is -0.455 e. The molecule has 0 saturated heterocycles. The molecular formula is C40H28N2O. The van der Waals surface area contributed by atoms with Crippen molar-refractivity contribution in [2.45, 2.75) is 0 Å². The Hall–Kier alpha value is -5.80. The first-order valence-electron chi connectivity index (χ1n) is 14.5. The molecule has 0 saturated carbocycles. The first-order valence-corrected chi connectivity index (χ1v) is 14.5. The van der Waals surface area contributed by atoms with Gasteiger partial charge in [-0.3, -0.25) is 0 Å². The highest BCUT2D eigenvalue weighted by Crippen LogP contribution is 2.41. The predicted octanol–water partition coefficient (Wildman–Crippen LogP) is 11.7. The minimum atomic E-state index is 0.876. The van der Waals surface area contributed by atoms with Gasteiger partial charge in [0.25, 0.3) is 0 Å². The van der Waals surface area contributed by atoms with E-state index < -0.39 is 0 Å². The fourth-order valence-corrected chi connectivity index (χ4v) is 6.01. The molecule has 43 heavy (non-hydrogen) atoms. The maximum Gasteiger partial charge on any atom is 0.143 e. The lowest BCUT2D eigenvalue weighted by Crippen LogP contribution is -2.12. The van der Waals surface area contributed by atoms with Crippen LogP contribution >= 0.6 is 0 Å². The van der Waals surface area contributed by atoms with Gasteiger partial charge in [-0.25, -0.2) is 0 Å². The second-order valence-corrected chi connectivity index (χ2v) is 10.6. The Morgan fingerprint density at radius 1 is 0.326 bits per heavy atom. The lowest BCUT2D eigenvalue weighted by molar-refractivity contribution is 0.672. The molecule has 8 rings (SSSR count). The van der Waals surface area contributed by atoms with Crippen molar-refractivity contribution in [2.75, 3.05) is 9.80 Å². The van der Waals surface area contributed by atoms with Crippen LogP contribution in [-0.2, 0) is 0 Å². The van der Waals surface area contributed by atoms with E-state index in [2.05, 4.69) is 180 Å². The van der Waals surface area contributed by atoms with Crippen LogP contribution in [0.5, 0.6) is 0 Å². The number of nitrogens with zero attached hydrogens (tertiary/aromatic N) is 2. The Balaban J connectivity index is 1.24. The third kappa shape index (κ3) is 4.48. The van der Waals surface area contributed by atoms with E-state index >= 15 is 0 Å². The normalized spacial score (nSPS) is 11.3. The highest BCUT2D eigenvalue weighted by Gasteiger charge is 2.18. The number of hydrogen-bond acceptors (Lipinski definition) is 3. The summed E-state index contributed by atoms with van der Waals surface area (Å²) >= 11 is 0. The van der Waals surface area contributed by atoms with E-state index in [0.717, 1.165) is 61.4 Å². The Morgan fingerprint density at radius 3 is 1.35 bits per heavy atom. The molecule has 0 atom stereocenters. The molecule has 0 N–H and O–H groups in total. The average molecular weight is 553 g/mol. The Bertz CT molecular complexity index is 2130. The van der Waals surface area contributed by atoms with Crippen LogP contribution in [0.3, 0.4) is 0 Å². The van der Waals surface area contributed by atoms with Crippen molar-refractivity contribution in [2.24, 2.45) is 0 Å². The molecule has 0 aliphatic rings. The minimum absolute atomic E-state index is 0.876. The third-order valence-electron chi connectivity index (χ3n) is 8.01. The molecule has 0 unspecified atom stereocenters. The van der Waals surface area contributed by atoms with Gasteiger partial charge in [0.05, 0.1) is 0 Å². The highest BCUT2D eigenvalue weighted by molar-refractivity contribution is 6.15. The van der Waals surface area contributed by atoms with Crippen molar-refractivity contribution in [3.8, 4) is 0 Å². The van der Waals surface area contributed by atoms with Crippen LogP contribution in [0.4, 0.5) is 34.1 Å². The molecule has 7 aromatic carbocycles. The van der Waals surface area contributed by atoms with Gasteiger partial charge >= 0.3 is 0 Å². The Kier molecular flexibility index (Phi) is 6.12. The molecule has 0 fully saturated rings. The molecule has 0 spiro atoms. The molecule has 3 nitrogen and oxygen atoms in total. The summed E-state index contributed by atoms with van der Waals surface area (Å²) in [7, 11) is 0. The van der Waals surface area contributed by atoms with E-state index in [0.29, 0.717) is 0 Å². The number of fused-ring (bicyclic) bond motifs is 5. The van der Waals surface area contributed by atoms with Crippen molar-refractivity contribution < 1.29 is 4.42 Å². The van der Waals surface area contributed by atoms with Crippen LogP contribution in [0.15, 0.2) is 174 Å². The molecule has 8 aromatic rings. The summed E-state index contributed by atoms with van der Waals surface area (Å²) < 4.78 is 6.54. The number of rotatable bonds is 6. The van der Waals surface area contributed by atoms with E-state index in [4.69, 9.17) is 4.42 Å². The van der Waals surface area contributed by atoms with Crippen LogP contribution in [0, 0.1) is 0 Å². The van der Waals surface area contributed by atoms with Gasteiger partial charge in [0.15, 0.2) is 0 Å². The zero-order valence-corrected chi connectivity index (χ0v) is 23.5. The van der Waals surface area contributed by atoms with Crippen LogP contribution < -0.4 is 9.80 Å². The zero-order valence-electron chi connectivity index (χ0n) is 23.5. The second-order valence-electron chi connectivity index (χ2n) is 10.6. The summed E-state index contributed by atoms with van der Waals surface area (Å²) in [6, 6.07) is 59.5. The number of benzene rings is 7. The smallest absolute Gasteiger partial charge is 0.143 e. The summed E-state index contributed by atoms with van der Waals surface area (Å²) in [6.07, 6.45) is 0. The fourth-order valence-electron chi connectivity index (χ4n) is 6.01. The number of hydrogen-bond donors (Lipinski definition) is 0. The average Bonchev–Trinajstić information content (AvgIpc) is 3.46. The molecule has 0 radical (unpaired) electrons. The molecule has 0 amide bonds. The molecule has 0 aliphatic carbocycles. The van der Waals surface area contributed by atoms with Gasteiger partial charge < -0.3 is 14.2 Å². The molecule has 204 valence electrons. The van der Waals surface area contributed by atoms with E-state index in [9.17, 15) is 0 Å². The molecular weight excluding hydrogens is 524 g/mol. The van der Waals surface area contributed by atoms with E-state index in [1.165, 1.54) is 5.39 Å². The van der Waals surface area contributed by atoms with Gasteiger partial charge in [-0.2, -0.15) is 0 Å². The van der Waals surface area contributed by atoms with Gasteiger partial charge in [-0.05, 0) is 84.2 Å². The van der Waals surface area contributed by atoms with Gasteiger partial charge in [-0.15, -0.1) is 0 Å². The van der Waals surface area contributed by atoms with Crippen molar-refractivity contribution in [1.82, 2.24) is 0 Å². The van der Waals surface area contributed by atoms with E-state index in [1.54, 1.807) is 0 Å². The largest absolute Gasteiger partial charge is 0.455 e. The summed E-state index contributed by atoms with van der Waals surface area (Å²) in [5.74, 6) is 0. The number of para-hydroxylation sites is 3. The third-order valence-corrected chi connectivity index (χ3v) is 8.01. The van der Waals surface area contributed by atoms with Crippen LogP contribution in [0.2, 0.25) is 0 Å². The summed E-state index contributed by atoms with van der Waals surface area (Å²) in [4.78, 5) is 4.56. The van der Waals surface area contributed by atoms with Crippen molar-refractivity contribution >= 4 is 66.8 Å². The first-order chi connectivity index (χ1) is 21.3. The first kappa shape index (κ1) is 25.0. The van der Waals surface area contributed by atoms with Gasteiger partial charge in [0, 0.05) is 56.3 Å². The monoisotopic (exact) mass is 552 g/mol. The highest BCUT2D eigenvalue weighted by atomic mass is 16.3. The molecule has 1 aromatic heterocycles. The Morgan fingerprint density at radius 2 is 0.767 bits per heavy atom. The number of furan rings is 1. The quantitative estimate of drug-likeness (QED) is 0.205. The second kappa shape index (κ2) is 10.6. The predicted molar refractivity (Wildman–Crippen MR) is 181 cm³/mol. The van der Waals surface area contributed by atoms with Gasteiger partial charge in [0.2, 0.25) is 0 Å². The summed E-state index contributed by atoms with van der Waals surface area (Å²) in [5, 5.41) is 4.57. The van der Waals surface area contributed by atoms with Crippen molar-refractivity contribution in [3.63, 3.8) is 0 Å². The van der Waals surface area contributed by atoms with Crippen molar-refractivity contribution in [3.05, 3.63) is 170 Å². The zero-order chi connectivity index (χ0) is 28.6. The van der Waals surface area contributed by atoms with Crippen LogP contribution in [-0.4, -0.2) is 0 Å². The maximum absolute atomic E-state index is 6.54. The van der Waals surface area contributed by atoms with Crippen LogP contribution in [0.1, 0.15) is 0 Å². The lowest BCUT2D eigenvalue weighted by atomic mass is 10.1. The lowest BCUT2D eigenvalue weighted by Gasteiger charge is -2.28. The van der Waals surface area contributed by atoms with Gasteiger partial charge in [-0.1, -0.05) is 84.9 Å². The fraction of sp³-hybridized carbons (Fsp3) is 0. The van der Waals surface area contributed by atoms with Crippen LogP contribution in [0.25, 0.3) is 32.7 Å². The van der Waals surface area contributed by atoms with Crippen molar-refractivity contribution in [1.29, 1.82) is 0 Å². The molecule has 1 heterocycles. The van der Waals surface area contributed by atoms with E-state index in [-0.39, 0.29) is 0 Å². The molecule has 0 bridgehead atoms. The SMILES string of the molecule is c1ccc(N(c2ccccc2)c2ccc(N(c3ccccc3)c3ccc4c(c3)oc3c5ccccc5ccc43)cc2)cc1. The van der Waals surface area contributed by atoms with E-state index in [1.807, 2.05) is 0 Å². The maximum atomic E-state index is 6.54.